The van der Waals surface area contributed by atoms with Crippen LogP contribution in [0.2, 0.25) is 0 Å². The lowest BCUT2D eigenvalue weighted by molar-refractivity contribution is -0.146. The van der Waals surface area contributed by atoms with Crippen molar-refractivity contribution >= 4 is 18.2 Å². The minimum absolute atomic E-state index is 0.0338. The van der Waals surface area contributed by atoms with Crippen LogP contribution in [0.3, 0.4) is 0 Å². The molecule has 0 aliphatic carbocycles. The Hall–Kier alpha value is -3.03. The quantitative estimate of drug-likeness (QED) is 0.287. The largest absolute Gasteiger partial charge is 0.467 e. The molecule has 0 N–H and O–H groups in total. The van der Waals surface area contributed by atoms with Gasteiger partial charge < -0.3 is 19.1 Å². The van der Waals surface area contributed by atoms with Gasteiger partial charge in [0.2, 0.25) is 0 Å². The number of allylic oxidation sites excluding steroid dienone is 1. The van der Waals surface area contributed by atoms with Crippen molar-refractivity contribution < 1.29 is 28.6 Å². The summed E-state index contributed by atoms with van der Waals surface area (Å²) in [4.78, 5) is 41.6. The Balaban J connectivity index is 2.23. The van der Waals surface area contributed by atoms with Crippen LogP contribution < -0.4 is 0 Å². The molecule has 3 unspecified atom stereocenters. The number of amides is 2. The molecule has 188 valence electrons. The van der Waals surface area contributed by atoms with Crippen molar-refractivity contribution in [2.75, 3.05) is 13.7 Å². The van der Waals surface area contributed by atoms with Gasteiger partial charge in [-0.2, -0.15) is 0 Å². The zero-order chi connectivity index (χ0) is 25.3. The van der Waals surface area contributed by atoms with Gasteiger partial charge in [-0.15, -0.1) is 6.58 Å². The molecule has 1 aromatic rings. The average Bonchev–Trinajstić information content (AvgIpc) is 3.20. The van der Waals surface area contributed by atoms with E-state index in [0.717, 1.165) is 24.8 Å². The maximum Gasteiger partial charge on any atom is 0.410 e. The predicted octanol–water partition coefficient (Wildman–Crippen LogP) is 4.92. The average molecular weight is 475 g/mol. The van der Waals surface area contributed by atoms with Crippen LogP contribution in [0.5, 0.6) is 0 Å². The number of esters is 1. The van der Waals surface area contributed by atoms with E-state index in [1.54, 1.807) is 11.8 Å². The Morgan fingerprint density at radius 3 is 2.41 bits per heavy atom. The van der Waals surface area contributed by atoms with E-state index in [9.17, 15) is 14.4 Å². The van der Waals surface area contributed by atoms with Gasteiger partial charge in [0.1, 0.15) is 18.2 Å². The van der Waals surface area contributed by atoms with Crippen molar-refractivity contribution in [1.29, 1.82) is 0 Å². The number of nitrogens with zero attached hydrogens (tertiary/aromatic N) is 2. The fourth-order valence-electron chi connectivity index (χ4n) is 4.06. The van der Waals surface area contributed by atoms with E-state index < -0.39 is 29.8 Å². The molecule has 0 aromatic heterocycles. The van der Waals surface area contributed by atoms with Gasteiger partial charge in [0.25, 0.3) is 0 Å². The summed E-state index contributed by atoms with van der Waals surface area (Å²) in [6.45, 7) is 11.0. The number of benzene rings is 1. The highest BCUT2D eigenvalue weighted by atomic mass is 16.6. The topological polar surface area (TPSA) is 85.4 Å². The fourth-order valence-corrected chi connectivity index (χ4v) is 4.06. The van der Waals surface area contributed by atoms with Gasteiger partial charge in [0.15, 0.2) is 0 Å². The molecule has 1 aliphatic rings. The molecule has 0 bridgehead atoms. The SMILES string of the molecule is C=CCCC1CCC(CN(C(=O)OCc2ccccc2)C(C)C(=O)OC)N1C(=O)OC(C)(C)C. The van der Waals surface area contributed by atoms with Crippen LogP contribution in [0.4, 0.5) is 9.59 Å². The highest BCUT2D eigenvalue weighted by molar-refractivity contribution is 5.81. The van der Waals surface area contributed by atoms with Crippen molar-refractivity contribution in [3.8, 4) is 0 Å². The number of hydrogen-bond donors (Lipinski definition) is 0. The van der Waals surface area contributed by atoms with Crippen LogP contribution >= 0.6 is 0 Å². The number of ether oxygens (including phenoxy) is 3. The van der Waals surface area contributed by atoms with Gasteiger partial charge >= 0.3 is 18.2 Å². The molecule has 1 aliphatic heterocycles. The maximum atomic E-state index is 13.1. The Morgan fingerprint density at radius 1 is 1.18 bits per heavy atom. The fraction of sp³-hybridized carbons (Fsp3) is 0.577. The number of hydrogen-bond acceptors (Lipinski definition) is 6. The summed E-state index contributed by atoms with van der Waals surface area (Å²) < 4.78 is 16.1. The lowest BCUT2D eigenvalue weighted by atomic mass is 10.1. The molecule has 3 atom stereocenters. The zero-order valence-corrected chi connectivity index (χ0v) is 21.0. The van der Waals surface area contributed by atoms with E-state index in [0.29, 0.717) is 6.42 Å². The third-order valence-corrected chi connectivity index (χ3v) is 5.79. The second kappa shape index (κ2) is 12.4. The van der Waals surface area contributed by atoms with Gasteiger partial charge in [0, 0.05) is 12.6 Å². The highest BCUT2D eigenvalue weighted by Gasteiger charge is 2.42. The van der Waals surface area contributed by atoms with Crippen LogP contribution in [0.25, 0.3) is 0 Å². The predicted molar refractivity (Wildman–Crippen MR) is 129 cm³/mol. The third kappa shape index (κ3) is 7.78. The minimum Gasteiger partial charge on any atom is -0.467 e. The number of carbonyl (C=O) groups excluding carboxylic acids is 3. The standard InChI is InChI=1S/C26H38N2O6/c1-7-8-14-21-15-16-22(28(21)25(31)34-26(3,4)5)17-27(19(2)23(29)32-6)24(30)33-18-20-12-10-9-11-13-20/h7,9-13,19,21-22H,1,8,14-18H2,2-6H3. The first kappa shape index (κ1) is 27.2. The van der Waals surface area contributed by atoms with E-state index in [-0.39, 0.29) is 25.2 Å². The summed E-state index contributed by atoms with van der Waals surface area (Å²) in [7, 11) is 1.28. The van der Waals surface area contributed by atoms with Crippen molar-refractivity contribution in [1.82, 2.24) is 9.80 Å². The zero-order valence-electron chi connectivity index (χ0n) is 21.0. The summed E-state index contributed by atoms with van der Waals surface area (Å²) in [6, 6.07) is 8.08. The Morgan fingerprint density at radius 2 is 1.82 bits per heavy atom. The minimum atomic E-state index is -0.874. The molecule has 8 heteroatoms. The summed E-state index contributed by atoms with van der Waals surface area (Å²) in [5.74, 6) is -0.554. The van der Waals surface area contributed by atoms with Gasteiger partial charge in [-0.1, -0.05) is 36.4 Å². The number of rotatable bonds is 9. The van der Waals surface area contributed by atoms with Crippen molar-refractivity contribution in [2.45, 2.75) is 83.7 Å². The monoisotopic (exact) mass is 474 g/mol. The van der Waals surface area contributed by atoms with Crippen LogP contribution in [0.1, 0.15) is 58.9 Å². The molecule has 1 heterocycles. The summed E-state index contributed by atoms with van der Waals surface area (Å²) in [5, 5.41) is 0. The van der Waals surface area contributed by atoms with Crippen LogP contribution in [0.15, 0.2) is 43.0 Å². The summed E-state index contributed by atoms with van der Waals surface area (Å²) in [6.07, 6.45) is 3.73. The van der Waals surface area contributed by atoms with Crippen molar-refractivity contribution in [2.24, 2.45) is 0 Å². The van der Waals surface area contributed by atoms with Gasteiger partial charge in [0.05, 0.1) is 13.2 Å². The molecule has 0 saturated carbocycles. The van der Waals surface area contributed by atoms with Crippen LogP contribution in [0, 0.1) is 0 Å². The van der Waals surface area contributed by atoms with E-state index in [2.05, 4.69) is 6.58 Å². The highest BCUT2D eigenvalue weighted by Crippen LogP contribution is 2.30. The number of likely N-dealkylation sites (tertiary alicyclic amines) is 1. The Kier molecular flexibility index (Phi) is 9.96. The Bertz CT molecular complexity index is 835. The molecule has 2 rings (SSSR count). The first-order valence-corrected chi connectivity index (χ1v) is 11.7. The van der Waals surface area contributed by atoms with Gasteiger partial charge in [-0.3, -0.25) is 4.90 Å². The van der Waals surface area contributed by atoms with E-state index >= 15 is 0 Å². The third-order valence-electron chi connectivity index (χ3n) is 5.79. The lowest BCUT2D eigenvalue weighted by Gasteiger charge is -2.36. The van der Waals surface area contributed by atoms with Gasteiger partial charge in [-0.05, 0) is 58.9 Å². The smallest absolute Gasteiger partial charge is 0.410 e. The normalized spacial score (nSPS) is 18.7. The number of carbonyl (C=O) groups is 3. The van der Waals surface area contributed by atoms with Crippen LogP contribution in [-0.2, 0) is 25.6 Å². The van der Waals surface area contributed by atoms with Crippen LogP contribution in [-0.4, -0.2) is 65.3 Å². The van der Waals surface area contributed by atoms with E-state index in [4.69, 9.17) is 14.2 Å². The summed E-state index contributed by atoms with van der Waals surface area (Å²) >= 11 is 0. The second-order valence-electron chi connectivity index (χ2n) is 9.53. The molecule has 1 saturated heterocycles. The van der Waals surface area contributed by atoms with E-state index in [1.165, 1.54) is 12.0 Å². The number of methoxy groups -OCH3 is 1. The molecule has 34 heavy (non-hydrogen) atoms. The first-order chi connectivity index (χ1) is 16.1. The molecule has 1 fully saturated rings. The molecular weight excluding hydrogens is 436 g/mol. The second-order valence-corrected chi connectivity index (χ2v) is 9.53. The molecule has 2 amide bonds. The van der Waals surface area contributed by atoms with Gasteiger partial charge in [-0.25, -0.2) is 14.4 Å². The first-order valence-electron chi connectivity index (χ1n) is 11.7. The van der Waals surface area contributed by atoms with E-state index in [1.807, 2.05) is 57.2 Å². The lowest BCUT2D eigenvalue weighted by Crippen LogP contribution is -2.53. The Labute approximate surface area is 202 Å². The maximum absolute atomic E-state index is 13.1. The van der Waals surface area contributed by atoms with Crippen molar-refractivity contribution in [3.63, 3.8) is 0 Å². The molecular formula is C26H38N2O6. The molecule has 8 nitrogen and oxygen atoms in total. The van der Waals surface area contributed by atoms with Crippen molar-refractivity contribution in [3.05, 3.63) is 48.6 Å². The molecule has 1 aromatic carbocycles. The molecule has 0 spiro atoms. The summed E-state index contributed by atoms with van der Waals surface area (Å²) in [5.41, 5.74) is 0.183. The molecule has 0 radical (unpaired) electrons.